The SMILES string of the molecule is COc1ccc(OC)c(Cc2[nH]cnc2Br)c1. The molecule has 4 nitrogen and oxygen atoms in total. The molecule has 1 aromatic carbocycles. The van der Waals surface area contributed by atoms with E-state index in [0.717, 1.165) is 27.4 Å². The van der Waals surface area contributed by atoms with Crippen LogP contribution in [0, 0.1) is 0 Å². The van der Waals surface area contributed by atoms with Crippen molar-refractivity contribution in [1.82, 2.24) is 9.97 Å². The summed E-state index contributed by atoms with van der Waals surface area (Å²) in [6.07, 6.45) is 2.37. The van der Waals surface area contributed by atoms with E-state index in [2.05, 4.69) is 25.9 Å². The molecule has 0 bridgehead atoms. The van der Waals surface area contributed by atoms with Crippen molar-refractivity contribution in [3.8, 4) is 11.5 Å². The Bertz CT molecular complexity index is 511. The molecule has 0 radical (unpaired) electrons. The summed E-state index contributed by atoms with van der Waals surface area (Å²) in [5, 5.41) is 0. The van der Waals surface area contributed by atoms with Crippen LogP contribution in [0.5, 0.6) is 11.5 Å². The fraction of sp³-hybridized carbons (Fsp3) is 0.250. The first kappa shape index (κ1) is 12.0. The number of imidazole rings is 1. The zero-order chi connectivity index (χ0) is 12.3. The van der Waals surface area contributed by atoms with E-state index in [9.17, 15) is 0 Å². The lowest BCUT2D eigenvalue weighted by Crippen LogP contribution is -1.96. The number of methoxy groups -OCH3 is 2. The van der Waals surface area contributed by atoms with Gasteiger partial charge in [0.15, 0.2) is 0 Å². The van der Waals surface area contributed by atoms with Gasteiger partial charge in [-0.05, 0) is 34.1 Å². The molecular weight excluding hydrogens is 284 g/mol. The number of benzene rings is 1. The summed E-state index contributed by atoms with van der Waals surface area (Å²) in [4.78, 5) is 7.19. The topological polar surface area (TPSA) is 47.1 Å². The third-order valence-electron chi connectivity index (χ3n) is 2.52. The summed E-state index contributed by atoms with van der Waals surface area (Å²) in [7, 11) is 3.31. The Morgan fingerprint density at radius 1 is 1.29 bits per heavy atom. The lowest BCUT2D eigenvalue weighted by Gasteiger charge is -2.09. The van der Waals surface area contributed by atoms with E-state index in [1.165, 1.54) is 0 Å². The lowest BCUT2D eigenvalue weighted by molar-refractivity contribution is 0.399. The molecule has 5 heteroatoms. The van der Waals surface area contributed by atoms with E-state index in [1.807, 2.05) is 18.2 Å². The lowest BCUT2D eigenvalue weighted by atomic mass is 10.1. The molecule has 0 unspecified atom stereocenters. The van der Waals surface area contributed by atoms with E-state index in [4.69, 9.17) is 9.47 Å². The third-order valence-corrected chi connectivity index (χ3v) is 3.20. The van der Waals surface area contributed by atoms with Gasteiger partial charge in [-0.3, -0.25) is 0 Å². The van der Waals surface area contributed by atoms with E-state index in [0.29, 0.717) is 6.42 Å². The first-order valence-corrected chi connectivity index (χ1v) is 5.92. The molecule has 0 saturated heterocycles. The second kappa shape index (κ2) is 5.23. The number of aromatic amines is 1. The predicted octanol–water partition coefficient (Wildman–Crippen LogP) is 2.78. The summed E-state index contributed by atoms with van der Waals surface area (Å²) in [5.41, 5.74) is 2.06. The fourth-order valence-electron chi connectivity index (χ4n) is 1.64. The number of hydrogen-bond acceptors (Lipinski definition) is 3. The van der Waals surface area contributed by atoms with Gasteiger partial charge in [0.25, 0.3) is 0 Å². The van der Waals surface area contributed by atoms with Crippen LogP contribution in [0.2, 0.25) is 0 Å². The molecule has 2 aromatic rings. The Labute approximate surface area is 108 Å². The maximum atomic E-state index is 5.33. The number of H-pyrrole nitrogens is 1. The van der Waals surface area contributed by atoms with Gasteiger partial charge >= 0.3 is 0 Å². The van der Waals surface area contributed by atoms with Crippen molar-refractivity contribution in [3.63, 3.8) is 0 Å². The molecule has 1 N–H and O–H groups in total. The molecule has 90 valence electrons. The molecule has 0 aliphatic carbocycles. The molecule has 0 aliphatic rings. The highest BCUT2D eigenvalue weighted by molar-refractivity contribution is 9.10. The van der Waals surface area contributed by atoms with Gasteiger partial charge in [-0.2, -0.15) is 0 Å². The van der Waals surface area contributed by atoms with Gasteiger partial charge < -0.3 is 14.5 Å². The number of rotatable bonds is 4. The average Bonchev–Trinajstić information content (AvgIpc) is 2.75. The summed E-state index contributed by atoms with van der Waals surface area (Å²) in [6.45, 7) is 0. The second-order valence-electron chi connectivity index (χ2n) is 3.53. The molecule has 0 spiro atoms. The summed E-state index contributed by atoms with van der Waals surface area (Å²) >= 11 is 3.39. The molecule has 0 fully saturated rings. The minimum atomic E-state index is 0.709. The number of hydrogen-bond donors (Lipinski definition) is 1. The van der Waals surface area contributed by atoms with Crippen LogP contribution in [-0.4, -0.2) is 24.2 Å². The minimum absolute atomic E-state index is 0.709. The van der Waals surface area contributed by atoms with Crippen LogP contribution in [0.3, 0.4) is 0 Å². The number of aromatic nitrogens is 2. The van der Waals surface area contributed by atoms with Gasteiger partial charge in [0.2, 0.25) is 0 Å². The highest BCUT2D eigenvalue weighted by Gasteiger charge is 2.09. The first-order chi connectivity index (χ1) is 8.24. The standard InChI is InChI=1S/C12H13BrN2O2/c1-16-9-3-4-11(17-2)8(5-9)6-10-12(13)15-7-14-10/h3-5,7H,6H2,1-2H3,(H,14,15). The van der Waals surface area contributed by atoms with E-state index < -0.39 is 0 Å². The Kier molecular flexibility index (Phi) is 3.68. The Balaban J connectivity index is 2.33. The average molecular weight is 297 g/mol. The van der Waals surface area contributed by atoms with Crippen LogP contribution < -0.4 is 9.47 Å². The normalized spacial score (nSPS) is 10.3. The molecule has 0 atom stereocenters. The Hall–Kier alpha value is -1.49. The van der Waals surface area contributed by atoms with Crippen LogP contribution in [0.1, 0.15) is 11.3 Å². The smallest absolute Gasteiger partial charge is 0.127 e. The molecule has 2 rings (SSSR count). The predicted molar refractivity (Wildman–Crippen MR) is 68.6 cm³/mol. The van der Waals surface area contributed by atoms with E-state index in [-0.39, 0.29) is 0 Å². The second-order valence-corrected chi connectivity index (χ2v) is 4.28. The van der Waals surface area contributed by atoms with Crippen LogP contribution in [-0.2, 0) is 6.42 Å². The van der Waals surface area contributed by atoms with Gasteiger partial charge in [-0.1, -0.05) is 0 Å². The third kappa shape index (κ3) is 2.61. The Morgan fingerprint density at radius 2 is 2.12 bits per heavy atom. The fourth-order valence-corrected chi connectivity index (χ4v) is 2.00. The van der Waals surface area contributed by atoms with Gasteiger partial charge in [-0.15, -0.1) is 0 Å². The van der Waals surface area contributed by atoms with Crippen molar-refractivity contribution < 1.29 is 9.47 Å². The zero-order valence-electron chi connectivity index (χ0n) is 9.66. The molecule has 0 saturated carbocycles. The zero-order valence-corrected chi connectivity index (χ0v) is 11.2. The van der Waals surface area contributed by atoms with Gasteiger partial charge in [0.05, 0.1) is 26.2 Å². The Morgan fingerprint density at radius 3 is 2.71 bits per heavy atom. The number of halogens is 1. The van der Waals surface area contributed by atoms with E-state index >= 15 is 0 Å². The molecule has 0 aliphatic heterocycles. The quantitative estimate of drug-likeness (QED) is 0.944. The maximum Gasteiger partial charge on any atom is 0.127 e. The summed E-state index contributed by atoms with van der Waals surface area (Å²) in [6, 6.07) is 5.74. The molecular formula is C12H13BrN2O2. The van der Waals surface area contributed by atoms with Gasteiger partial charge in [-0.25, -0.2) is 4.98 Å². The van der Waals surface area contributed by atoms with Crippen molar-refractivity contribution in [2.75, 3.05) is 14.2 Å². The molecule has 0 amide bonds. The van der Waals surface area contributed by atoms with Crippen molar-refractivity contribution >= 4 is 15.9 Å². The van der Waals surface area contributed by atoms with Crippen LogP contribution >= 0.6 is 15.9 Å². The van der Waals surface area contributed by atoms with Gasteiger partial charge in [0, 0.05) is 12.0 Å². The minimum Gasteiger partial charge on any atom is -0.497 e. The number of ether oxygens (including phenoxy) is 2. The number of nitrogens with one attached hydrogen (secondary N) is 1. The van der Waals surface area contributed by atoms with E-state index in [1.54, 1.807) is 20.5 Å². The highest BCUT2D eigenvalue weighted by Crippen LogP contribution is 2.27. The molecule has 17 heavy (non-hydrogen) atoms. The van der Waals surface area contributed by atoms with Crippen molar-refractivity contribution in [3.05, 3.63) is 40.4 Å². The van der Waals surface area contributed by atoms with Crippen LogP contribution in [0.25, 0.3) is 0 Å². The first-order valence-electron chi connectivity index (χ1n) is 5.13. The highest BCUT2D eigenvalue weighted by atomic mass is 79.9. The maximum absolute atomic E-state index is 5.33. The van der Waals surface area contributed by atoms with Crippen LogP contribution in [0.4, 0.5) is 0 Å². The van der Waals surface area contributed by atoms with Gasteiger partial charge in [0.1, 0.15) is 16.1 Å². The van der Waals surface area contributed by atoms with Crippen molar-refractivity contribution in [2.24, 2.45) is 0 Å². The molecule has 1 heterocycles. The summed E-state index contributed by atoms with van der Waals surface area (Å²) in [5.74, 6) is 1.66. The summed E-state index contributed by atoms with van der Waals surface area (Å²) < 4.78 is 11.4. The molecule has 1 aromatic heterocycles. The van der Waals surface area contributed by atoms with Crippen LogP contribution in [0.15, 0.2) is 29.1 Å². The van der Waals surface area contributed by atoms with Crippen molar-refractivity contribution in [2.45, 2.75) is 6.42 Å². The van der Waals surface area contributed by atoms with Crippen molar-refractivity contribution in [1.29, 1.82) is 0 Å². The monoisotopic (exact) mass is 296 g/mol. The largest absolute Gasteiger partial charge is 0.497 e. The number of nitrogens with zero attached hydrogens (tertiary/aromatic N) is 1.